The molecule has 1 amide bonds. The molecule has 0 bridgehead atoms. The summed E-state index contributed by atoms with van der Waals surface area (Å²) in [5.41, 5.74) is 2.46. The van der Waals surface area contributed by atoms with Gasteiger partial charge >= 0.3 is 0 Å². The average molecular weight is 439 g/mol. The molecule has 0 saturated heterocycles. The zero-order valence-corrected chi connectivity index (χ0v) is 17.9. The summed E-state index contributed by atoms with van der Waals surface area (Å²) in [6.45, 7) is 1.81. The number of hydrogen-bond acceptors (Lipinski definition) is 3. The van der Waals surface area contributed by atoms with Gasteiger partial charge in [-0.3, -0.25) is 4.79 Å². The van der Waals surface area contributed by atoms with Gasteiger partial charge in [0.05, 0.1) is 6.54 Å². The molecule has 1 aromatic heterocycles. The molecule has 0 radical (unpaired) electrons. The van der Waals surface area contributed by atoms with Crippen LogP contribution in [0.1, 0.15) is 31.5 Å². The molecule has 1 aliphatic carbocycles. The second-order valence-electron chi connectivity index (χ2n) is 8.31. The van der Waals surface area contributed by atoms with Gasteiger partial charge < -0.3 is 14.8 Å². The van der Waals surface area contributed by atoms with Crippen LogP contribution in [-0.2, 0) is 17.9 Å². The Morgan fingerprint density at radius 2 is 1.84 bits per heavy atom. The highest BCUT2D eigenvalue weighted by Crippen LogP contribution is 2.35. The number of amides is 1. The molecule has 2 aromatic carbocycles. The van der Waals surface area contributed by atoms with Crippen LogP contribution in [0.3, 0.4) is 0 Å². The fourth-order valence-corrected chi connectivity index (χ4v) is 4.17. The summed E-state index contributed by atoms with van der Waals surface area (Å²) >= 11 is 6.03. The Morgan fingerprint density at radius 3 is 2.55 bits per heavy atom. The van der Waals surface area contributed by atoms with Crippen LogP contribution in [0.25, 0.3) is 11.3 Å². The van der Waals surface area contributed by atoms with Crippen LogP contribution in [-0.4, -0.2) is 26.9 Å². The smallest absolute Gasteiger partial charge is 0.223 e. The number of halogens is 2. The molecule has 3 aromatic rings. The Hall–Kier alpha value is -2.86. The van der Waals surface area contributed by atoms with E-state index in [0.717, 1.165) is 40.9 Å². The van der Waals surface area contributed by atoms with Gasteiger partial charge in [-0.2, -0.15) is 0 Å². The van der Waals surface area contributed by atoms with E-state index in [9.17, 15) is 9.18 Å². The molecular weight excluding hydrogens is 415 g/mol. The molecule has 1 fully saturated rings. The lowest BCUT2D eigenvalue weighted by atomic mass is 10.1. The normalized spacial score (nSPS) is 15.6. The number of rotatable bonds is 6. The second kappa shape index (κ2) is 8.35. The summed E-state index contributed by atoms with van der Waals surface area (Å²) in [6, 6.07) is 13.8. The Bertz CT molecular complexity index is 1090. The van der Waals surface area contributed by atoms with E-state index in [1.165, 1.54) is 25.0 Å². The van der Waals surface area contributed by atoms with Crippen LogP contribution in [0.5, 0.6) is 0 Å². The highest BCUT2D eigenvalue weighted by Gasteiger charge is 2.28. The molecule has 7 heteroatoms. The highest BCUT2D eigenvalue weighted by atomic mass is 35.5. The summed E-state index contributed by atoms with van der Waals surface area (Å²) in [5.74, 6) is 2.34. The summed E-state index contributed by atoms with van der Waals surface area (Å²) in [6.07, 6.45) is 4.14. The second-order valence-corrected chi connectivity index (χ2v) is 8.75. The standard InChI is InChI=1S/C24H24ClFN4O/c25-18-6-10-20(11-7-18)27-24-23(17-4-8-19(26)9-5-17)28-21-15-29(13-14-30(21)24)22(31)12-3-16-1-2-16/h4-11,16,27H,1-3,12-15H2. The zero-order valence-electron chi connectivity index (χ0n) is 17.2. The maximum Gasteiger partial charge on any atom is 0.223 e. The topological polar surface area (TPSA) is 50.2 Å². The maximum atomic E-state index is 13.5. The van der Waals surface area contributed by atoms with Gasteiger partial charge in [-0.15, -0.1) is 0 Å². The molecule has 5 nitrogen and oxygen atoms in total. The number of nitrogens with one attached hydrogen (secondary N) is 1. The number of anilines is 2. The highest BCUT2D eigenvalue weighted by molar-refractivity contribution is 6.30. The predicted octanol–water partition coefficient (Wildman–Crippen LogP) is 5.62. The quantitative estimate of drug-likeness (QED) is 0.543. The molecule has 0 unspecified atom stereocenters. The Morgan fingerprint density at radius 1 is 1.10 bits per heavy atom. The van der Waals surface area contributed by atoms with Crippen molar-refractivity contribution >= 4 is 29.0 Å². The van der Waals surface area contributed by atoms with Gasteiger partial charge in [0, 0.05) is 35.8 Å². The lowest BCUT2D eigenvalue weighted by molar-refractivity contribution is -0.132. The molecule has 0 spiro atoms. The fraction of sp³-hybridized carbons (Fsp3) is 0.333. The monoisotopic (exact) mass is 438 g/mol. The molecule has 1 aliphatic heterocycles. The number of carbonyl (C=O) groups excluding carboxylic acids is 1. The third-order valence-corrected chi connectivity index (χ3v) is 6.27. The number of carbonyl (C=O) groups is 1. The summed E-state index contributed by atoms with van der Waals surface area (Å²) in [4.78, 5) is 19.5. The molecule has 0 atom stereocenters. The molecule has 1 saturated carbocycles. The van der Waals surface area contributed by atoms with E-state index in [4.69, 9.17) is 16.6 Å². The van der Waals surface area contributed by atoms with Gasteiger partial charge in [-0.1, -0.05) is 24.4 Å². The molecule has 2 aliphatic rings. The van der Waals surface area contributed by atoms with Gasteiger partial charge in [0.25, 0.3) is 0 Å². The summed E-state index contributed by atoms with van der Waals surface area (Å²) < 4.78 is 15.6. The molecular formula is C24H24ClFN4O. The van der Waals surface area contributed by atoms with E-state index in [0.29, 0.717) is 31.1 Å². The number of aromatic nitrogens is 2. The lowest BCUT2D eigenvalue weighted by Gasteiger charge is -2.28. The minimum absolute atomic E-state index is 0.205. The van der Waals surface area contributed by atoms with Gasteiger partial charge in [-0.05, 0) is 60.9 Å². The lowest BCUT2D eigenvalue weighted by Crippen LogP contribution is -2.38. The van der Waals surface area contributed by atoms with Crippen molar-refractivity contribution in [1.82, 2.24) is 14.5 Å². The first kappa shape index (κ1) is 20.1. The average Bonchev–Trinajstić information content (AvgIpc) is 3.55. The van der Waals surface area contributed by atoms with Crippen molar-refractivity contribution in [2.24, 2.45) is 5.92 Å². The SMILES string of the molecule is O=C(CCC1CC1)N1CCn2c(nc(-c3ccc(F)cc3)c2Nc2ccc(Cl)cc2)C1. The number of benzene rings is 2. The maximum absolute atomic E-state index is 13.5. The van der Waals surface area contributed by atoms with E-state index < -0.39 is 0 Å². The first-order valence-electron chi connectivity index (χ1n) is 10.7. The fourth-order valence-electron chi connectivity index (χ4n) is 4.04. The van der Waals surface area contributed by atoms with Crippen LogP contribution >= 0.6 is 11.6 Å². The third kappa shape index (κ3) is 4.44. The van der Waals surface area contributed by atoms with Crippen molar-refractivity contribution in [2.75, 3.05) is 11.9 Å². The van der Waals surface area contributed by atoms with Crippen LogP contribution in [0.15, 0.2) is 48.5 Å². The number of hydrogen-bond donors (Lipinski definition) is 1. The van der Waals surface area contributed by atoms with E-state index in [-0.39, 0.29) is 11.7 Å². The van der Waals surface area contributed by atoms with E-state index in [2.05, 4.69) is 9.88 Å². The Balaban J connectivity index is 1.45. The van der Waals surface area contributed by atoms with Gasteiger partial charge in [0.2, 0.25) is 5.91 Å². The summed E-state index contributed by atoms with van der Waals surface area (Å²) in [5, 5.41) is 4.12. The van der Waals surface area contributed by atoms with Crippen molar-refractivity contribution in [2.45, 2.75) is 38.8 Å². The summed E-state index contributed by atoms with van der Waals surface area (Å²) in [7, 11) is 0. The Labute approximate surface area is 185 Å². The van der Waals surface area contributed by atoms with Crippen molar-refractivity contribution in [3.05, 3.63) is 65.2 Å². The molecule has 1 N–H and O–H groups in total. The van der Waals surface area contributed by atoms with Gasteiger partial charge in [-0.25, -0.2) is 9.37 Å². The van der Waals surface area contributed by atoms with Crippen molar-refractivity contribution in [3.8, 4) is 11.3 Å². The zero-order chi connectivity index (χ0) is 21.4. The largest absolute Gasteiger partial charge is 0.340 e. The number of imidazole rings is 1. The predicted molar refractivity (Wildman–Crippen MR) is 120 cm³/mol. The van der Waals surface area contributed by atoms with Gasteiger partial charge in [0.15, 0.2) is 0 Å². The van der Waals surface area contributed by atoms with Crippen LogP contribution in [0.4, 0.5) is 15.9 Å². The van der Waals surface area contributed by atoms with Crippen molar-refractivity contribution < 1.29 is 9.18 Å². The Kier molecular flexibility index (Phi) is 5.40. The number of nitrogens with zero attached hydrogens (tertiary/aromatic N) is 3. The van der Waals surface area contributed by atoms with Crippen molar-refractivity contribution in [3.63, 3.8) is 0 Å². The van der Waals surface area contributed by atoms with Crippen molar-refractivity contribution in [1.29, 1.82) is 0 Å². The van der Waals surface area contributed by atoms with E-state index in [1.54, 1.807) is 12.1 Å². The first-order valence-corrected chi connectivity index (χ1v) is 11.1. The minimum atomic E-state index is -0.285. The first-order chi connectivity index (χ1) is 15.1. The number of fused-ring (bicyclic) bond motifs is 1. The molecule has 5 rings (SSSR count). The van der Waals surface area contributed by atoms with Crippen LogP contribution < -0.4 is 5.32 Å². The molecule has 160 valence electrons. The van der Waals surface area contributed by atoms with Crippen LogP contribution in [0, 0.1) is 11.7 Å². The van der Waals surface area contributed by atoms with Crippen LogP contribution in [0.2, 0.25) is 5.02 Å². The van der Waals surface area contributed by atoms with Gasteiger partial charge in [0.1, 0.15) is 23.2 Å². The van der Waals surface area contributed by atoms with E-state index >= 15 is 0 Å². The molecule has 31 heavy (non-hydrogen) atoms. The third-order valence-electron chi connectivity index (χ3n) is 6.01. The van der Waals surface area contributed by atoms with E-state index in [1.807, 2.05) is 29.2 Å². The molecule has 2 heterocycles. The minimum Gasteiger partial charge on any atom is -0.340 e.